The minimum absolute atomic E-state index is 0.0173. The zero-order valence-electron chi connectivity index (χ0n) is 14.8. The molecule has 0 atom stereocenters. The summed E-state index contributed by atoms with van der Waals surface area (Å²) in [7, 11) is 0. The molecule has 1 N–H and O–H groups in total. The molecule has 1 aliphatic rings. The predicted octanol–water partition coefficient (Wildman–Crippen LogP) is 1.58. The molecule has 1 aliphatic heterocycles. The maximum atomic E-state index is 13.2. The number of rotatable bonds is 6. The smallest absolute Gasteiger partial charge is 0.335 e. The van der Waals surface area contributed by atoms with Gasteiger partial charge in [0, 0.05) is 37.9 Å². The Bertz CT molecular complexity index is 927. The van der Waals surface area contributed by atoms with E-state index in [1.54, 1.807) is 0 Å². The van der Waals surface area contributed by atoms with Gasteiger partial charge in [0.15, 0.2) is 0 Å². The van der Waals surface area contributed by atoms with E-state index in [1.165, 1.54) is 35.0 Å². The van der Waals surface area contributed by atoms with Crippen LogP contribution in [0.15, 0.2) is 40.1 Å². The summed E-state index contributed by atoms with van der Waals surface area (Å²) in [4.78, 5) is 36.6. The number of carboxylic acids is 1. The summed E-state index contributed by atoms with van der Waals surface area (Å²) in [6, 6.07) is 5.07. The molecule has 1 fully saturated rings. The summed E-state index contributed by atoms with van der Waals surface area (Å²) in [5.41, 5.74) is -0.592. The van der Waals surface area contributed by atoms with Gasteiger partial charge in [-0.2, -0.15) is 0 Å². The second-order valence-electron chi connectivity index (χ2n) is 6.66. The monoisotopic (exact) mass is 376 g/mol. The maximum absolute atomic E-state index is 13.2. The molecule has 27 heavy (non-hydrogen) atoms. The molecule has 0 radical (unpaired) electrons. The van der Waals surface area contributed by atoms with Crippen LogP contribution in [-0.4, -0.2) is 33.4 Å². The first-order valence-corrected chi connectivity index (χ1v) is 8.86. The maximum Gasteiger partial charge on any atom is 0.335 e. The molecule has 0 spiro atoms. The lowest BCUT2D eigenvalue weighted by molar-refractivity contribution is -0.136. The largest absolute Gasteiger partial charge is 0.481 e. The number of aryl methyl sites for hydroxylation is 1. The number of hydrogen-bond acceptors (Lipinski definition) is 4. The molecular weight excluding hydrogens is 355 g/mol. The van der Waals surface area contributed by atoms with E-state index in [0.717, 1.165) is 17.4 Å². The topological polar surface area (TPSA) is 90.5 Å². The van der Waals surface area contributed by atoms with Crippen LogP contribution in [0.2, 0.25) is 0 Å². The van der Waals surface area contributed by atoms with Crippen LogP contribution in [-0.2, 0) is 22.5 Å². The van der Waals surface area contributed by atoms with Crippen molar-refractivity contribution >= 4 is 5.97 Å². The SMILES string of the molecule is O=C(O)CCc1cn(CC2CCOCC2)c(=O)n(-c2ccc(F)cc2)c1=O. The number of benzene rings is 1. The van der Waals surface area contributed by atoms with Gasteiger partial charge in [-0.25, -0.2) is 13.8 Å². The number of nitrogens with zero attached hydrogens (tertiary/aromatic N) is 2. The fraction of sp³-hybridized carbons (Fsp3) is 0.421. The van der Waals surface area contributed by atoms with Crippen LogP contribution in [0, 0.1) is 11.7 Å². The molecule has 144 valence electrons. The Kier molecular flexibility index (Phi) is 5.85. The van der Waals surface area contributed by atoms with Gasteiger partial charge >= 0.3 is 11.7 Å². The average Bonchev–Trinajstić information content (AvgIpc) is 2.65. The number of halogens is 1. The second kappa shape index (κ2) is 8.30. The lowest BCUT2D eigenvalue weighted by Gasteiger charge is -2.23. The first-order valence-electron chi connectivity index (χ1n) is 8.86. The normalized spacial score (nSPS) is 15.0. The van der Waals surface area contributed by atoms with Gasteiger partial charge in [0.05, 0.1) is 5.69 Å². The van der Waals surface area contributed by atoms with Crippen LogP contribution < -0.4 is 11.2 Å². The zero-order chi connectivity index (χ0) is 19.4. The molecule has 0 unspecified atom stereocenters. The molecule has 1 aromatic carbocycles. The van der Waals surface area contributed by atoms with E-state index >= 15 is 0 Å². The van der Waals surface area contributed by atoms with Crippen molar-refractivity contribution in [1.29, 1.82) is 0 Å². The fourth-order valence-electron chi connectivity index (χ4n) is 3.23. The molecule has 7 nitrogen and oxygen atoms in total. The molecule has 2 heterocycles. The third kappa shape index (κ3) is 4.51. The van der Waals surface area contributed by atoms with Crippen molar-refractivity contribution < 1.29 is 19.0 Å². The summed E-state index contributed by atoms with van der Waals surface area (Å²) >= 11 is 0. The summed E-state index contributed by atoms with van der Waals surface area (Å²) < 4.78 is 21.0. The Morgan fingerprint density at radius 1 is 1.19 bits per heavy atom. The lowest BCUT2D eigenvalue weighted by atomic mass is 10.0. The van der Waals surface area contributed by atoms with Crippen molar-refractivity contribution in [2.24, 2.45) is 5.92 Å². The van der Waals surface area contributed by atoms with E-state index in [0.29, 0.717) is 19.8 Å². The number of hydrogen-bond donors (Lipinski definition) is 1. The van der Waals surface area contributed by atoms with Crippen molar-refractivity contribution in [1.82, 2.24) is 9.13 Å². The van der Waals surface area contributed by atoms with Crippen molar-refractivity contribution in [2.45, 2.75) is 32.2 Å². The highest BCUT2D eigenvalue weighted by atomic mass is 19.1. The summed E-state index contributed by atoms with van der Waals surface area (Å²) in [6.45, 7) is 1.68. The molecule has 1 saturated heterocycles. The quantitative estimate of drug-likeness (QED) is 0.827. The van der Waals surface area contributed by atoms with Crippen molar-refractivity contribution in [2.75, 3.05) is 13.2 Å². The molecule has 0 bridgehead atoms. The molecule has 0 aliphatic carbocycles. The van der Waals surface area contributed by atoms with Gasteiger partial charge in [0.1, 0.15) is 5.82 Å². The number of ether oxygens (including phenoxy) is 1. The van der Waals surface area contributed by atoms with Gasteiger partial charge in [-0.1, -0.05) is 0 Å². The van der Waals surface area contributed by atoms with Gasteiger partial charge in [-0.05, 0) is 49.4 Å². The van der Waals surface area contributed by atoms with E-state index in [9.17, 15) is 18.8 Å². The highest BCUT2D eigenvalue weighted by molar-refractivity contribution is 5.67. The minimum Gasteiger partial charge on any atom is -0.481 e. The highest BCUT2D eigenvalue weighted by Gasteiger charge is 2.19. The molecule has 8 heteroatoms. The van der Waals surface area contributed by atoms with E-state index in [-0.39, 0.29) is 30.0 Å². The number of carbonyl (C=O) groups is 1. The number of aromatic nitrogens is 2. The van der Waals surface area contributed by atoms with E-state index in [2.05, 4.69) is 0 Å². The average molecular weight is 376 g/mol. The summed E-state index contributed by atoms with van der Waals surface area (Å²) in [5, 5.41) is 8.93. The van der Waals surface area contributed by atoms with Gasteiger partial charge in [0.25, 0.3) is 5.56 Å². The third-order valence-electron chi connectivity index (χ3n) is 4.72. The van der Waals surface area contributed by atoms with Crippen LogP contribution in [0.25, 0.3) is 5.69 Å². The molecule has 0 saturated carbocycles. The van der Waals surface area contributed by atoms with E-state index in [4.69, 9.17) is 9.84 Å². The number of aliphatic carboxylic acids is 1. The molecular formula is C19H21FN2O5. The van der Waals surface area contributed by atoms with E-state index < -0.39 is 23.0 Å². The van der Waals surface area contributed by atoms with Crippen LogP contribution in [0.5, 0.6) is 0 Å². The third-order valence-corrected chi connectivity index (χ3v) is 4.72. The Hall–Kier alpha value is -2.74. The Labute approximate surface area is 154 Å². The minimum atomic E-state index is -1.02. The molecule has 3 rings (SSSR count). The fourth-order valence-corrected chi connectivity index (χ4v) is 3.23. The van der Waals surface area contributed by atoms with Gasteiger partial charge in [-0.15, -0.1) is 0 Å². The summed E-state index contributed by atoms with van der Waals surface area (Å²) in [5.74, 6) is -1.26. The van der Waals surface area contributed by atoms with Crippen molar-refractivity contribution in [3.63, 3.8) is 0 Å². The summed E-state index contributed by atoms with van der Waals surface area (Å²) in [6.07, 6.45) is 2.89. The van der Waals surface area contributed by atoms with Gasteiger partial charge in [0.2, 0.25) is 0 Å². The molecule has 2 aromatic rings. The van der Waals surface area contributed by atoms with Crippen LogP contribution in [0.3, 0.4) is 0 Å². The predicted molar refractivity (Wildman–Crippen MR) is 95.8 cm³/mol. The first kappa shape index (κ1) is 19.0. The van der Waals surface area contributed by atoms with Gasteiger partial charge in [-0.3, -0.25) is 14.2 Å². The van der Waals surface area contributed by atoms with Crippen LogP contribution >= 0.6 is 0 Å². The lowest BCUT2D eigenvalue weighted by Crippen LogP contribution is -2.41. The Morgan fingerprint density at radius 3 is 2.48 bits per heavy atom. The van der Waals surface area contributed by atoms with Crippen molar-refractivity contribution in [3.05, 3.63) is 62.7 Å². The Balaban J connectivity index is 2.06. The van der Waals surface area contributed by atoms with E-state index in [1.807, 2.05) is 0 Å². The zero-order valence-corrected chi connectivity index (χ0v) is 14.8. The van der Waals surface area contributed by atoms with Gasteiger partial charge < -0.3 is 9.84 Å². The standard InChI is InChI=1S/C19H21FN2O5/c20-15-2-4-16(5-3-15)22-18(25)14(1-6-17(23)24)12-21(19(22)26)11-13-7-9-27-10-8-13/h2-5,12-13H,1,6-11H2,(H,23,24). The second-order valence-corrected chi connectivity index (χ2v) is 6.66. The Morgan fingerprint density at radius 2 is 1.85 bits per heavy atom. The van der Waals surface area contributed by atoms with Crippen LogP contribution in [0.1, 0.15) is 24.8 Å². The molecule has 1 aromatic heterocycles. The van der Waals surface area contributed by atoms with Crippen molar-refractivity contribution in [3.8, 4) is 5.69 Å². The highest BCUT2D eigenvalue weighted by Crippen LogP contribution is 2.16. The number of carboxylic acid groups (broad SMARTS) is 1. The van der Waals surface area contributed by atoms with Crippen LogP contribution in [0.4, 0.5) is 4.39 Å². The molecule has 0 amide bonds. The first-order chi connectivity index (χ1) is 13.0.